The number of para-hydroxylation sites is 1. The van der Waals surface area contributed by atoms with E-state index in [4.69, 9.17) is 0 Å². The molecule has 1 unspecified atom stereocenters. The summed E-state index contributed by atoms with van der Waals surface area (Å²) in [5.74, 6) is 1.02. The maximum atomic E-state index is 12.4. The lowest BCUT2D eigenvalue weighted by atomic mass is 9.90. The molecule has 0 spiro atoms. The first-order chi connectivity index (χ1) is 8.97. The van der Waals surface area contributed by atoms with Crippen LogP contribution in [0.4, 0.5) is 5.69 Å². The minimum Gasteiger partial charge on any atom is -0.269 e. The third kappa shape index (κ3) is 2.78. The van der Waals surface area contributed by atoms with Crippen LogP contribution < -0.4 is 4.31 Å². The maximum Gasteiger partial charge on any atom is 0.235 e. The lowest BCUT2D eigenvalue weighted by Gasteiger charge is -2.20. The van der Waals surface area contributed by atoms with Gasteiger partial charge < -0.3 is 0 Å². The Hall–Kier alpha value is -1.03. The minimum absolute atomic E-state index is 0.253. The van der Waals surface area contributed by atoms with E-state index in [1.807, 2.05) is 25.1 Å². The van der Waals surface area contributed by atoms with Crippen molar-refractivity contribution >= 4 is 15.7 Å². The van der Waals surface area contributed by atoms with Crippen molar-refractivity contribution in [3.63, 3.8) is 0 Å². The molecule has 1 aliphatic rings. The maximum absolute atomic E-state index is 12.4. The Bertz CT molecular complexity index is 537. The molecule has 1 heterocycles. The molecule has 0 N–H and O–H groups in total. The van der Waals surface area contributed by atoms with E-state index in [9.17, 15) is 8.42 Å². The fraction of sp³-hybridized carbons (Fsp3) is 0.600. The molecule has 2 rings (SSSR count). The van der Waals surface area contributed by atoms with E-state index < -0.39 is 10.0 Å². The second-order valence-corrected chi connectivity index (χ2v) is 7.62. The van der Waals surface area contributed by atoms with Gasteiger partial charge in [0.15, 0.2) is 0 Å². The predicted molar refractivity (Wildman–Crippen MR) is 80.1 cm³/mol. The van der Waals surface area contributed by atoms with Crippen LogP contribution in [0.3, 0.4) is 0 Å². The van der Waals surface area contributed by atoms with Crippen LogP contribution in [0, 0.1) is 5.92 Å². The van der Waals surface area contributed by atoms with Crippen LogP contribution in [0.15, 0.2) is 24.3 Å². The summed E-state index contributed by atoms with van der Waals surface area (Å²) in [5.41, 5.74) is 2.06. The molecule has 1 atom stereocenters. The zero-order valence-electron chi connectivity index (χ0n) is 12.0. The van der Waals surface area contributed by atoms with E-state index in [1.165, 1.54) is 5.56 Å². The average molecular weight is 281 g/mol. The standard InChI is InChI=1S/C15H23NO2S/c1-4-5-10-19(17,18)16-11-14(12(2)3)13-8-6-7-9-15(13)16/h6-9,12,14H,4-5,10-11H2,1-3H3. The summed E-state index contributed by atoms with van der Waals surface area (Å²) < 4.78 is 26.5. The van der Waals surface area contributed by atoms with Crippen LogP contribution >= 0.6 is 0 Å². The molecule has 1 aliphatic heterocycles. The molecule has 0 aliphatic carbocycles. The first-order valence-corrected chi connectivity index (χ1v) is 8.67. The van der Waals surface area contributed by atoms with Gasteiger partial charge in [0, 0.05) is 12.5 Å². The van der Waals surface area contributed by atoms with E-state index in [-0.39, 0.29) is 5.75 Å². The van der Waals surface area contributed by atoms with Gasteiger partial charge in [0.05, 0.1) is 11.4 Å². The molecule has 0 aromatic heterocycles. The predicted octanol–water partition coefficient (Wildman–Crippen LogP) is 3.38. The smallest absolute Gasteiger partial charge is 0.235 e. The summed E-state index contributed by atoms with van der Waals surface area (Å²) >= 11 is 0. The number of anilines is 1. The molecule has 1 aromatic carbocycles. The molecule has 0 saturated carbocycles. The normalized spacial score (nSPS) is 18.9. The van der Waals surface area contributed by atoms with E-state index >= 15 is 0 Å². The van der Waals surface area contributed by atoms with Crippen LogP contribution in [0.2, 0.25) is 0 Å². The fourth-order valence-corrected chi connectivity index (χ4v) is 4.40. The highest BCUT2D eigenvalue weighted by molar-refractivity contribution is 7.92. The number of hydrogen-bond acceptors (Lipinski definition) is 2. The number of benzene rings is 1. The van der Waals surface area contributed by atoms with Crippen molar-refractivity contribution in [1.82, 2.24) is 0 Å². The van der Waals surface area contributed by atoms with Crippen molar-refractivity contribution in [2.24, 2.45) is 5.92 Å². The molecule has 0 saturated heterocycles. The molecular formula is C15H23NO2S. The highest BCUT2D eigenvalue weighted by Crippen LogP contribution is 2.41. The summed E-state index contributed by atoms with van der Waals surface area (Å²) in [6, 6.07) is 7.91. The largest absolute Gasteiger partial charge is 0.269 e. The molecule has 0 bridgehead atoms. The zero-order chi connectivity index (χ0) is 14.0. The van der Waals surface area contributed by atoms with Gasteiger partial charge >= 0.3 is 0 Å². The molecule has 0 radical (unpaired) electrons. The summed E-state index contributed by atoms with van der Waals surface area (Å²) in [4.78, 5) is 0. The van der Waals surface area contributed by atoms with Crippen LogP contribution in [0.1, 0.15) is 45.1 Å². The van der Waals surface area contributed by atoms with Crippen molar-refractivity contribution in [1.29, 1.82) is 0 Å². The number of nitrogens with zero attached hydrogens (tertiary/aromatic N) is 1. The summed E-state index contributed by atoms with van der Waals surface area (Å²) in [5, 5.41) is 0. The Morgan fingerprint density at radius 2 is 2.00 bits per heavy atom. The Kier molecular flexibility index (Phi) is 4.19. The monoisotopic (exact) mass is 281 g/mol. The van der Waals surface area contributed by atoms with Crippen molar-refractivity contribution in [2.75, 3.05) is 16.6 Å². The van der Waals surface area contributed by atoms with Crippen molar-refractivity contribution in [2.45, 2.75) is 39.5 Å². The van der Waals surface area contributed by atoms with Gasteiger partial charge in [-0.05, 0) is 24.0 Å². The Morgan fingerprint density at radius 1 is 1.32 bits per heavy atom. The van der Waals surface area contributed by atoms with Crippen LogP contribution in [-0.2, 0) is 10.0 Å². The van der Waals surface area contributed by atoms with Crippen molar-refractivity contribution in [3.8, 4) is 0 Å². The van der Waals surface area contributed by atoms with Gasteiger partial charge in [-0.1, -0.05) is 45.4 Å². The minimum atomic E-state index is -3.17. The topological polar surface area (TPSA) is 37.4 Å². The lowest BCUT2D eigenvalue weighted by Crippen LogP contribution is -2.32. The van der Waals surface area contributed by atoms with Gasteiger partial charge in [0.25, 0.3) is 0 Å². The summed E-state index contributed by atoms with van der Waals surface area (Å²) in [7, 11) is -3.17. The molecule has 106 valence electrons. The van der Waals surface area contributed by atoms with E-state index in [0.29, 0.717) is 18.4 Å². The number of sulfonamides is 1. The van der Waals surface area contributed by atoms with Gasteiger partial charge in [0.2, 0.25) is 10.0 Å². The van der Waals surface area contributed by atoms with Crippen molar-refractivity contribution in [3.05, 3.63) is 29.8 Å². The van der Waals surface area contributed by atoms with Gasteiger partial charge in [-0.15, -0.1) is 0 Å². The van der Waals surface area contributed by atoms with Crippen LogP contribution in [0.5, 0.6) is 0 Å². The van der Waals surface area contributed by atoms with Gasteiger partial charge in [-0.2, -0.15) is 0 Å². The Balaban J connectivity index is 2.35. The third-order valence-electron chi connectivity index (χ3n) is 3.86. The molecular weight excluding hydrogens is 258 g/mol. The lowest BCUT2D eigenvalue weighted by molar-refractivity contribution is 0.521. The Morgan fingerprint density at radius 3 is 2.63 bits per heavy atom. The number of unbranched alkanes of at least 4 members (excludes halogenated alkanes) is 1. The van der Waals surface area contributed by atoms with Crippen LogP contribution in [0.25, 0.3) is 0 Å². The van der Waals surface area contributed by atoms with Gasteiger partial charge in [0.1, 0.15) is 0 Å². The SMILES string of the molecule is CCCCS(=O)(=O)N1CC(C(C)C)c2ccccc21. The second-order valence-electron chi connectivity index (χ2n) is 5.61. The first kappa shape index (κ1) is 14.4. The highest BCUT2D eigenvalue weighted by atomic mass is 32.2. The van der Waals surface area contributed by atoms with Crippen molar-refractivity contribution < 1.29 is 8.42 Å². The summed E-state index contributed by atoms with van der Waals surface area (Å²) in [6.45, 7) is 6.93. The van der Waals surface area contributed by atoms with Crippen LogP contribution in [-0.4, -0.2) is 20.7 Å². The molecule has 3 nitrogen and oxygen atoms in total. The molecule has 1 aromatic rings. The molecule has 0 amide bonds. The average Bonchev–Trinajstić information content (AvgIpc) is 2.77. The number of fused-ring (bicyclic) bond motifs is 1. The second kappa shape index (κ2) is 5.53. The first-order valence-electron chi connectivity index (χ1n) is 7.06. The number of hydrogen-bond donors (Lipinski definition) is 0. The molecule has 19 heavy (non-hydrogen) atoms. The van der Waals surface area contributed by atoms with E-state index in [1.54, 1.807) is 4.31 Å². The fourth-order valence-electron chi connectivity index (χ4n) is 2.67. The Labute approximate surface area is 116 Å². The number of rotatable bonds is 5. The van der Waals surface area contributed by atoms with E-state index in [0.717, 1.165) is 18.5 Å². The quantitative estimate of drug-likeness (QED) is 0.829. The van der Waals surface area contributed by atoms with Gasteiger partial charge in [-0.25, -0.2) is 8.42 Å². The highest BCUT2D eigenvalue weighted by Gasteiger charge is 2.36. The van der Waals surface area contributed by atoms with E-state index in [2.05, 4.69) is 19.9 Å². The summed E-state index contributed by atoms with van der Waals surface area (Å²) in [6.07, 6.45) is 1.63. The molecule has 4 heteroatoms. The third-order valence-corrected chi connectivity index (χ3v) is 5.69. The molecule has 0 fully saturated rings. The van der Waals surface area contributed by atoms with Gasteiger partial charge in [-0.3, -0.25) is 4.31 Å². The zero-order valence-corrected chi connectivity index (χ0v) is 12.8.